The van der Waals surface area contributed by atoms with Crippen LogP contribution in [0.1, 0.15) is 49.9 Å². The third-order valence-corrected chi connectivity index (χ3v) is 3.58. The first-order valence-electron chi connectivity index (χ1n) is 7.48. The van der Waals surface area contributed by atoms with Crippen LogP contribution in [0.15, 0.2) is 24.3 Å². The predicted octanol–water partition coefficient (Wildman–Crippen LogP) is 3.97. The number of ether oxygens (including phenoxy) is 2. The maximum Gasteiger partial charge on any atom is 0.162 e. The minimum absolute atomic E-state index is 0.0571. The fourth-order valence-corrected chi connectivity index (χ4v) is 2.27. The maximum absolute atomic E-state index is 12.8. The van der Waals surface area contributed by atoms with Crippen molar-refractivity contribution in [2.75, 3.05) is 13.2 Å². The molecule has 3 nitrogen and oxygen atoms in total. The van der Waals surface area contributed by atoms with Crippen molar-refractivity contribution in [3.8, 4) is 0 Å². The highest BCUT2D eigenvalue weighted by Crippen LogP contribution is 2.25. The van der Waals surface area contributed by atoms with Crippen molar-refractivity contribution in [3.05, 3.63) is 35.6 Å². The Balaban J connectivity index is 1.64. The van der Waals surface area contributed by atoms with E-state index in [2.05, 4.69) is 13.8 Å². The van der Waals surface area contributed by atoms with E-state index in [1.54, 1.807) is 0 Å². The monoisotopic (exact) mass is 294 g/mol. The zero-order chi connectivity index (χ0) is 15.3. The second kappa shape index (κ2) is 7.14. The van der Waals surface area contributed by atoms with E-state index in [0.717, 1.165) is 19.3 Å². The average molecular weight is 294 g/mol. The van der Waals surface area contributed by atoms with E-state index in [0.29, 0.717) is 25.2 Å². The van der Waals surface area contributed by atoms with Crippen molar-refractivity contribution in [2.45, 2.75) is 45.8 Å². The number of rotatable bonds is 6. The van der Waals surface area contributed by atoms with Gasteiger partial charge in [0, 0.05) is 17.4 Å². The van der Waals surface area contributed by atoms with Gasteiger partial charge in [0.2, 0.25) is 0 Å². The molecule has 1 aliphatic heterocycles. The van der Waals surface area contributed by atoms with Gasteiger partial charge >= 0.3 is 0 Å². The Bertz CT molecular complexity index is 457. The Morgan fingerprint density at radius 3 is 2.43 bits per heavy atom. The molecule has 1 heterocycles. The Morgan fingerprint density at radius 2 is 1.81 bits per heavy atom. The van der Waals surface area contributed by atoms with E-state index < -0.39 is 0 Å². The molecule has 0 spiro atoms. The summed E-state index contributed by atoms with van der Waals surface area (Å²) in [5.41, 5.74) is 0.665. The quantitative estimate of drug-likeness (QED) is 0.588. The van der Waals surface area contributed by atoms with Crippen molar-refractivity contribution in [1.82, 2.24) is 0 Å². The van der Waals surface area contributed by atoms with Crippen molar-refractivity contribution >= 4 is 5.78 Å². The van der Waals surface area contributed by atoms with Gasteiger partial charge in [-0.25, -0.2) is 4.39 Å². The molecule has 0 radical (unpaired) electrons. The molecule has 1 aliphatic rings. The van der Waals surface area contributed by atoms with Crippen LogP contribution in [-0.2, 0) is 9.47 Å². The molecule has 1 aromatic carbocycles. The molecule has 1 aromatic rings. The first-order valence-corrected chi connectivity index (χ1v) is 7.48. The van der Waals surface area contributed by atoms with Crippen molar-refractivity contribution in [3.63, 3.8) is 0 Å². The summed E-state index contributed by atoms with van der Waals surface area (Å²) in [6.45, 7) is 5.66. The van der Waals surface area contributed by atoms with Gasteiger partial charge in [-0.15, -0.1) is 0 Å². The van der Waals surface area contributed by atoms with Crippen LogP contribution >= 0.6 is 0 Å². The lowest BCUT2D eigenvalue weighted by Gasteiger charge is -2.34. The molecule has 0 saturated carbocycles. The summed E-state index contributed by atoms with van der Waals surface area (Å²) in [4.78, 5) is 11.9. The van der Waals surface area contributed by atoms with Crippen molar-refractivity contribution < 1.29 is 18.7 Å². The molecule has 0 aliphatic carbocycles. The van der Waals surface area contributed by atoms with Crippen LogP contribution < -0.4 is 0 Å². The second-order valence-corrected chi connectivity index (χ2v) is 6.39. The summed E-state index contributed by atoms with van der Waals surface area (Å²) in [5, 5.41) is 0. The molecule has 0 atom stereocenters. The Kier molecular flexibility index (Phi) is 5.48. The predicted molar refractivity (Wildman–Crippen MR) is 78.7 cm³/mol. The van der Waals surface area contributed by atoms with Crippen LogP contribution in [0.25, 0.3) is 0 Å². The number of hydrogen-bond acceptors (Lipinski definition) is 3. The largest absolute Gasteiger partial charge is 0.352 e. The highest BCUT2D eigenvalue weighted by atomic mass is 19.1. The first-order chi connectivity index (χ1) is 9.96. The van der Waals surface area contributed by atoms with Crippen LogP contribution in [0.3, 0.4) is 0 Å². The number of carbonyl (C=O) groups excluding carboxylic acids is 1. The van der Waals surface area contributed by atoms with Gasteiger partial charge in [-0.2, -0.15) is 0 Å². The zero-order valence-electron chi connectivity index (χ0n) is 12.7. The molecule has 1 fully saturated rings. The van der Waals surface area contributed by atoms with Gasteiger partial charge in [-0.3, -0.25) is 4.79 Å². The summed E-state index contributed by atoms with van der Waals surface area (Å²) in [7, 11) is 0. The lowest BCUT2D eigenvalue weighted by Crippen LogP contribution is -2.37. The van der Waals surface area contributed by atoms with Crippen LogP contribution in [0.2, 0.25) is 0 Å². The van der Waals surface area contributed by atoms with E-state index in [9.17, 15) is 9.18 Å². The SMILES string of the molecule is CC1(C)COC(CCCCC(=O)c2ccc(F)cc2)OC1. The number of Topliss-reactive ketones (excluding diaryl/α,β-unsaturated/α-hetero) is 1. The molecular formula is C17H23FO3. The molecule has 4 heteroatoms. The maximum atomic E-state index is 12.8. The fraction of sp³-hybridized carbons (Fsp3) is 0.588. The summed E-state index contributed by atoms with van der Waals surface area (Å²) >= 11 is 0. The highest BCUT2D eigenvalue weighted by molar-refractivity contribution is 5.95. The Morgan fingerprint density at radius 1 is 1.19 bits per heavy atom. The standard InChI is InChI=1S/C17H23FO3/c1-17(2)11-20-16(21-12-17)6-4-3-5-15(19)13-7-9-14(18)10-8-13/h7-10,16H,3-6,11-12H2,1-2H3. The fourth-order valence-electron chi connectivity index (χ4n) is 2.27. The number of hydrogen-bond donors (Lipinski definition) is 0. The molecule has 0 bridgehead atoms. The molecule has 2 rings (SSSR count). The van der Waals surface area contributed by atoms with Gasteiger partial charge in [0.1, 0.15) is 5.82 Å². The van der Waals surface area contributed by atoms with E-state index in [4.69, 9.17) is 9.47 Å². The molecule has 0 N–H and O–H groups in total. The second-order valence-electron chi connectivity index (χ2n) is 6.39. The van der Waals surface area contributed by atoms with Crippen LogP contribution in [0, 0.1) is 11.2 Å². The molecule has 1 saturated heterocycles. The van der Waals surface area contributed by atoms with Crippen LogP contribution in [-0.4, -0.2) is 25.3 Å². The van der Waals surface area contributed by atoms with E-state index in [1.807, 2.05) is 0 Å². The number of benzene rings is 1. The van der Waals surface area contributed by atoms with Crippen molar-refractivity contribution in [2.24, 2.45) is 5.41 Å². The first kappa shape index (κ1) is 16.1. The van der Waals surface area contributed by atoms with Gasteiger partial charge in [-0.1, -0.05) is 13.8 Å². The molecule has 21 heavy (non-hydrogen) atoms. The molecule has 0 unspecified atom stereocenters. The lowest BCUT2D eigenvalue weighted by atomic mass is 9.95. The highest BCUT2D eigenvalue weighted by Gasteiger charge is 2.27. The minimum Gasteiger partial charge on any atom is -0.352 e. The number of ketones is 1. The summed E-state index contributed by atoms with van der Waals surface area (Å²) in [6.07, 6.45) is 2.83. The molecule has 116 valence electrons. The summed E-state index contributed by atoms with van der Waals surface area (Å²) < 4.78 is 24.1. The third kappa shape index (κ3) is 5.21. The zero-order valence-corrected chi connectivity index (χ0v) is 12.7. The third-order valence-electron chi connectivity index (χ3n) is 3.58. The molecule has 0 amide bonds. The molecule has 0 aromatic heterocycles. The van der Waals surface area contributed by atoms with Crippen molar-refractivity contribution in [1.29, 1.82) is 0 Å². The van der Waals surface area contributed by atoms with E-state index in [-0.39, 0.29) is 23.3 Å². The van der Waals surface area contributed by atoms with Gasteiger partial charge in [-0.05, 0) is 43.5 Å². The Labute approximate surface area is 125 Å². The number of carbonyl (C=O) groups is 1. The smallest absolute Gasteiger partial charge is 0.162 e. The lowest BCUT2D eigenvalue weighted by molar-refractivity contribution is -0.224. The number of unbranched alkanes of at least 4 members (excludes halogenated alkanes) is 1. The minimum atomic E-state index is -0.318. The summed E-state index contributed by atoms with van der Waals surface area (Å²) in [5.74, 6) is -0.261. The van der Waals surface area contributed by atoms with Gasteiger partial charge in [0.25, 0.3) is 0 Å². The van der Waals surface area contributed by atoms with Gasteiger partial charge in [0.05, 0.1) is 13.2 Å². The van der Waals surface area contributed by atoms with Crippen LogP contribution in [0.5, 0.6) is 0 Å². The van der Waals surface area contributed by atoms with Crippen LogP contribution in [0.4, 0.5) is 4.39 Å². The Hall–Kier alpha value is -1.26. The van der Waals surface area contributed by atoms with E-state index >= 15 is 0 Å². The summed E-state index contributed by atoms with van der Waals surface area (Å²) in [6, 6.07) is 5.71. The van der Waals surface area contributed by atoms with Gasteiger partial charge in [0.15, 0.2) is 12.1 Å². The van der Waals surface area contributed by atoms with Gasteiger partial charge < -0.3 is 9.47 Å². The molecular weight excluding hydrogens is 271 g/mol. The average Bonchev–Trinajstić information content (AvgIpc) is 2.45. The topological polar surface area (TPSA) is 35.5 Å². The normalized spacial score (nSPS) is 18.6. The van der Waals surface area contributed by atoms with E-state index in [1.165, 1.54) is 24.3 Å². The number of halogens is 1.